The van der Waals surface area contributed by atoms with Crippen LogP contribution in [0.3, 0.4) is 0 Å². The highest BCUT2D eigenvalue weighted by atomic mass is 79.9. The zero-order valence-corrected chi connectivity index (χ0v) is 19.4. The van der Waals surface area contributed by atoms with Crippen molar-refractivity contribution in [1.29, 1.82) is 0 Å². The summed E-state index contributed by atoms with van der Waals surface area (Å²) in [5, 5.41) is 0.593. The normalized spacial score (nSPS) is 18.9. The lowest BCUT2D eigenvalue weighted by atomic mass is 9.75. The standard InChI is InChI=1S/C24H22BrClN2O3/c1-2-31-24(30)22-20(14-6-8-15(25)9-7-14)21-18(4-3-5-19(21)29)28(23(22)27)17-12-10-16(26)11-13-17/h6-13,20H,2-5,27H2,1H3/t20-/m0/s1. The molecular formula is C24H22BrClN2O3. The minimum atomic E-state index is -0.571. The Morgan fingerprint density at radius 3 is 2.48 bits per heavy atom. The molecule has 1 aliphatic heterocycles. The van der Waals surface area contributed by atoms with Crippen molar-refractivity contribution in [2.75, 3.05) is 11.5 Å². The van der Waals surface area contributed by atoms with Crippen LogP contribution in [0.15, 0.2) is 75.7 Å². The molecule has 1 aliphatic carbocycles. The summed E-state index contributed by atoms with van der Waals surface area (Å²) in [4.78, 5) is 28.1. The van der Waals surface area contributed by atoms with Crippen LogP contribution in [0.2, 0.25) is 5.02 Å². The molecule has 5 nitrogen and oxygen atoms in total. The average molecular weight is 502 g/mol. The molecule has 2 aromatic rings. The van der Waals surface area contributed by atoms with Gasteiger partial charge in [0.2, 0.25) is 0 Å². The van der Waals surface area contributed by atoms with E-state index in [1.54, 1.807) is 19.1 Å². The van der Waals surface area contributed by atoms with Gasteiger partial charge >= 0.3 is 5.97 Å². The summed E-state index contributed by atoms with van der Waals surface area (Å²) >= 11 is 9.53. The Balaban J connectivity index is 1.98. The fourth-order valence-electron chi connectivity index (χ4n) is 4.27. The van der Waals surface area contributed by atoms with Crippen molar-refractivity contribution < 1.29 is 14.3 Å². The predicted octanol–water partition coefficient (Wildman–Crippen LogP) is 5.45. The summed E-state index contributed by atoms with van der Waals surface area (Å²) in [5.74, 6) is -0.778. The zero-order valence-electron chi connectivity index (χ0n) is 17.0. The molecule has 2 N–H and O–H groups in total. The molecule has 0 aromatic heterocycles. The second kappa shape index (κ2) is 8.89. The van der Waals surface area contributed by atoms with E-state index < -0.39 is 11.9 Å². The van der Waals surface area contributed by atoms with Crippen LogP contribution in [0.4, 0.5) is 5.69 Å². The van der Waals surface area contributed by atoms with Gasteiger partial charge < -0.3 is 10.5 Å². The first-order valence-corrected chi connectivity index (χ1v) is 11.3. The number of Topliss-reactive ketones (excluding diaryl/α,β-unsaturated/α-hetero) is 1. The molecule has 2 aliphatic rings. The first kappa shape index (κ1) is 21.7. The molecule has 0 saturated heterocycles. The van der Waals surface area contributed by atoms with Gasteiger partial charge in [0.25, 0.3) is 0 Å². The molecule has 0 saturated carbocycles. The molecule has 31 heavy (non-hydrogen) atoms. The third kappa shape index (κ3) is 4.02. The van der Waals surface area contributed by atoms with Gasteiger partial charge in [-0.2, -0.15) is 0 Å². The van der Waals surface area contributed by atoms with Gasteiger partial charge in [0.15, 0.2) is 5.78 Å². The van der Waals surface area contributed by atoms with Crippen molar-refractivity contribution in [1.82, 2.24) is 0 Å². The number of halogens is 2. The van der Waals surface area contributed by atoms with E-state index in [1.807, 2.05) is 41.3 Å². The second-order valence-electron chi connectivity index (χ2n) is 7.45. The quantitative estimate of drug-likeness (QED) is 0.564. The van der Waals surface area contributed by atoms with E-state index in [1.165, 1.54) is 0 Å². The number of ketones is 1. The fraction of sp³-hybridized carbons (Fsp3) is 0.250. The number of nitrogens with two attached hydrogens (primary N) is 1. The third-order valence-electron chi connectivity index (χ3n) is 5.58. The van der Waals surface area contributed by atoms with E-state index in [-0.39, 0.29) is 23.8 Å². The maximum absolute atomic E-state index is 13.2. The number of ether oxygens (including phenoxy) is 1. The van der Waals surface area contributed by atoms with Crippen LogP contribution < -0.4 is 10.6 Å². The molecule has 0 spiro atoms. The summed E-state index contributed by atoms with van der Waals surface area (Å²) in [6.07, 6.45) is 1.86. The summed E-state index contributed by atoms with van der Waals surface area (Å²) in [5.41, 5.74) is 9.96. The Morgan fingerprint density at radius 2 is 1.84 bits per heavy atom. The fourth-order valence-corrected chi connectivity index (χ4v) is 4.66. The molecule has 2 aromatic carbocycles. The molecular weight excluding hydrogens is 480 g/mol. The lowest BCUT2D eigenvalue weighted by molar-refractivity contribution is -0.138. The number of hydrogen-bond acceptors (Lipinski definition) is 5. The van der Waals surface area contributed by atoms with Gasteiger partial charge in [0.05, 0.1) is 18.1 Å². The summed E-state index contributed by atoms with van der Waals surface area (Å²) in [7, 11) is 0. The summed E-state index contributed by atoms with van der Waals surface area (Å²) < 4.78 is 6.29. The number of esters is 1. The molecule has 0 fully saturated rings. The van der Waals surface area contributed by atoms with Crippen molar-refractivity contribution in [2.45, 2.75) is 32.1 Å². The van der Waals surface area contributed by atoms with E-state index in [2.05, 4.69) is 15.9 Å². The molecule has 7 heteroatoms. The number of carbonyl (C=O) groups excluding carboxylic acids is 2. The van der Waals surface area contributed by atoms with Gasteiger partial charge in [-0.15, -0.1) is 0 Å². The highest BCUT2D eigenvalue weighted by Crippen LogP contribution is 2.47. The molecule has 1 atom stereocenters. The predicted molar refractivity (Wildman–Crippen MR) is 125 cm³/mol. The van der Waals surface area contributed by atoms with Crippen molar-refractivity contribution in [3.63, 3.8) is 0 Å². The van der Waals surface area contributed by atoms with Crippen LogP contribution in [0, 0.1) is 0 Å². The second-order valence-corrected chi connectivity index (χ2v) is 8.80. The van der Waals surface area contributed by atoms with E-state index in [0.717, 1.165) is 27.8 Å². The maximum Gasteiger partial charge on any atom is 0.338 e. The molecule has 4 rings (SSSR count). The number of allylic oxidation sites excluding steroid dienone is 2. The molecule has 0 unspecified atom stereocenters. The Labute approximate surface area is 194 Å². The molecule has 0 amide bonds. The summed E-state index contributed by atoms with van der Waals surface area (Å²) in [6, 6.07) is 14.8. The van der Waals surface area contributed by atoms with Crippen molar-refractivity contribution in [2.24, 2.45) is 5.73 Å². The van der Waals surface area contributed by atoms with Crippen LogP contribution in [-0.2, 0) is 14.3 Å². The first-order valence-electron chi connectivity index (χ1n) is 10.2. The van der Waals surface area contributed by atoms with Crippen molar-refractivity contribution in [3.8, 4) is 0 Å². The van der Waals surface area contributed by atoms with Crippen molar-refractivity contribution in [3.05, 3.63) is 86.3 Å². The number of nitrogens with zero attached hydrogens (tertiary/aromatic N) is 1. The molecule has 160 valence electrons. The first-order chi connectivity index (χ1) is 14.9. The lowest BCUT2D eigenvalue weighted by Gasteiger charge is -2.40. The Kier molecular flexibility index (Phi) is 6.21. The number of benzene rings is 2. The monoisotopic (exact) mass is 500 g/mol. The zero-order chi connectivity index (χ0) is 22.1. The van der Waals surface area contributed by atoms with E-state index in [9.17, 15) is 9.59 Å². The van der Waals surface area contributed by atoms with Crippen LogP contribution in [-0.4, -0.2) is 18.4 Å². The van der Waals surface area contributed by atoms with Gasteiger partial charge in [-0.25, -0.2) is 4.79 Å². The molecule has 1 heterocycles. The van der Waals surface area contributed by atoms with Crippen LogP contribution in [0.5, 0.6) is 0 Å². The van der Waals surface area contributed by atoms with E-state index in [4.69, 9.17) is 22.1 Å². The Bertz CT molecular complexity index is 1090. The Morgan fingerprint density at radius 1 is 1.16 bits per heavy atom. The van der Waals surface area contributed by atoms with Crippen LogP contribution in [0.25, 0.3) is 0 Å². The molecule has 0 radical (unpaired) electrons. The molecule has 0 bridgehead atoms. The highest BCUT2D eigenvalue weighted by Gasteiger charge is 2.43. The van der Waals surface area contributed by atoms with Crippen molar-refractivity contribution >= 4 is 45.0 Å². The SMILES string of the molecule is CCOC(=O)C1=C(N)N(c2ccc(Cl)cc2)C2=C(C(=O)CCC2)[C@@H]1c1ccc(Br)cc1. The van der Waals surface area contributed by atoms with Gasteiger partial charge in [-0.3, -0.25) is 9.69 Å². The number of carbonyl (C=O) groups is 2. The summed E-state index contributed by atoms with van der Waals surface area (Å²) in [6.45, 7) is 1.96. The van der Waals surface area contributed by atoms with Gasteiger partial charge in [-0.1, -0.05) is 39.7 Å². The van der Waals surface area contributed by atoms with E-state index in [0.29, 0.717) is 23.4 Å². The average Bonchev–Trinajstić information content (AvgIpc) is 2.75. The minimum absolute atomic E-state index is 0.0300. The topological polar surface area (TPSA) is 72.6 Å². The number of rotatable bonds is 4. The van der Waals surface area contributed by atoms with Crippen LogP contribution >= 0.6 is 27.5 Å². The maximum atomic E-state index is 13.2. The van der Waals surface area contributed by atoms with E-state index >= 15 is 0 Å². The van der Waals surface area contributed by atoms with Crippen LogP contribution in [0.1, 0.15) is 37.7 Å². The highest BCUT2D eigenvalue weighted by molar-refractivity contribution is 9.10. The van der Waals surface area contributed by atoms with Gasteiger partial charge in [0.1, 0.15) is 5.82 Å². The minimum Gasteiger partial charge on any atom is -0.463 e. The Hall–Kier alpha value is -2.57. The third-order valence-corrected chi connectivity index (χ3v) is 6.36. The smallest absolute Gasteiger partial charge is 0.338 e. The lowest BCUT2D eigenvalue weighted by Crippen LogP contribution is -2.41. The largest absolute Gasteiger partial charge is 0.463 e. The number of hydrogen-bond donors (Lipinski definition) is 1. The van der Waals surface area contributed by atoms with Gasteiger partial charge in [-0.05, 0) is 61.7 Å². The van der Waals surface area contributed by atoms with Gasteiger partial charge in [0, 0.05) is 32.9 Å². The number of anilines is 1.